The molecule has 176 valence electrons. The molecule has 1 aliphatic heterocycles. The number of amides is 1. The summed E-state index contributed by atoms with van der Waals surface area (Å²) >= 11 is 0. The normalized spacial score (nSPS) is 25.2. The van der Waals surface area contributed by atoms with Gasteiger partial charge in [-0.25, -0.2) is 12.8 Å². The second kappa shape index (κ2) is 9.04. The number of ether oxygens (including phenoxy) is 2. The Bertz CT molecular complexity index is 1130. The van der Waals surface area contributed by atoms with Crippen LogP contribution in [0.4, 0.5) is 10.1 Å². The van der Waals surface area contributed by atoms with E-state index in [2.05, 4.69) is 5.32 Å². The molecule has 1 heterocycles. The molecule has 2 aliphatic carbocycles. The monoisotopic (exact) mass is 474 g/mol. The standard InChI is InChI=1S/C24H27FN2O5S/c25-18-3-5-19(6-4-18)32-23-8-7-20(33(29,30)27-9-11-31-12-10-27)15-22(23)26-24(28)21-14-16-1-2-17(21)13-16/h3-8,15-17,21H,1-2,9-14H2,(H,26,28)/t16-,17-,21-/m0/s1. The van der Waals surface area contributed by atoms with E-state index in [9.17, 15) is 17.6 Å². The average molecular weight is 475 g/mol. The number of morpholine rings is 1. The molecular weight excluding hydrogens is 447 g/mol. The molecule has 2 saturated carbocycles. The predicted octanol–water partition coefficient (Wildman–Crippen LogP) is 4.01. The van der Waals surface area contributed by atoms with Gasteiger partial charge in [-0.15, -0.1) is 0 Å². The van der Waals surface area contributed by atoms with Gasteiger partial charge in [-0.3, -0.25) is 4.79 Å². The third-order valence-corrected chi connectivity index (χ3v) is 8.83. The number of hydrogen-bond acceptors (Lipinski definition) is 5. The molecule has 2 aromatic carbocycles. The van der Waals surface area contributed by atoms with E-state index in [1.165, 1.54) is 53.2 Å². The minimum Gasteiger partial charge on any atom is -0.455 e. The summed E-state index contributed by atoms with van der Waals surface area (Å²) in [5.74, 6) is 1.12. The van der Waals surface area contributed by atoms with Crippen LogP contribution in [0.5, 0.6) is 11.5 Å². The average Bonchev–Trinajstić information content (AvgIpc) is 3.46. The van der Waals surface area contributed by atoms with Crippen LogP contribution in [-0.4, -0.2) is 44.9 Å². The van der Waals surface area contributed by atoms with Crippen molar-refractivity contribution in [2.45, 2.75) is 30.6 Å². The molecule has 3 aliphatic rings. The molecule has 33 heavy (non-hydrogen) atoms. The highest BCUT2D eigenvalue weighted by Crippen LogP contribution is 2.49. The van der Waals surface area contributed by atoms with E-state index in [1.807, 2.05) is 0 Å². The number of benzene rings is 2. The molecule has 0 unspecified atom stereocenters. The van der Waals surface area contributed by atoms with Crippen LogP contribution < -0.4 is 10.1 Å². The van der Waals surface area contributed by atoms with Crippen molar-refractivity contribution in [3.8, 4) is 11.5 Å². The largest absolute Gasteiger partial charge is 0.455 e. The van der Waals surface area contributed by atoms with Crippen LogP contribution in [0.25, 0.3) is 0 Å². The molecule has 0 spiro atoms. The van der Waals surface area contributed by atoms with E-state index >= 15 is 0 Å². The van der Waals surface area contributed by atoms with Crippen LogP contribution in [0, 0.1) is 23.6 Å². The van der Waals surface area contributed by atoms with Crippen molar-refractivity contribution in [1.82, 2.24) is 4.31 Å². The van der Waals surface area contributed by atoms with Crippen LogP contribution in [0.15, 0.2) is 47.4 Å². The zero-order valence-electron chi connectivity index (χ0n) is 18.2. The minimum atomic E-state index is -3.75. The summed E-state index contributed by atoms with van der Waals surface area (Å²) in [4.78, 5) is 13.2. The van der Waals surface area contributed by atoms with E-state index in [1.54, 1.807) is 0 Å². The highest BCUT2D eigenvalue weighted by molar-refractivity contribution is 7.89. The summed E-state index contributed by atoms with van der Waals surface area (Å²) in [6.07, 6.45) is 4.20. The van der Waals surface area contributed by atoms with E-state index in [-0.39, 0.29) is 35.6 Å². The van der Waals surface area contributed by atoms with Gasteiger partial charge in [0.1, 0.15) is 11.6 Å². The molecule has 3 fully saturated rings. The Morgan fingerprint density at radius 1 is 1.06 bits per heavy atom. The molecule has 2 bridgehead atoms. The fraction of sp³-hybridized carbons (Fsp3) is 0.458. The number of sulfonamides is 1. The highest BCUT2D eigenvalue weighted by atomic mass is 32.2. The molecule has 7 nitrogen and oxygen atoms in total. The van der Waals surface area contributed by atoms with Crippen LogP contribution in [0.2, 0.25) is 0 Å². The SMILES string of the molecule is O=C(Nc1cc(S(=O)(=O)N2CCOCC2)ccc1Oc1ccc(F)cc1)[C@H]1C[C@H]2CC[C@H]1C2. The summed E-state index contributed by atoms with van der Waals surface area (Å²) in [5.41, 5.74) is 0.293. The Balaban J connectivity index is 1.44. The number of carbonyl (C=O) groups is 1. The quantitative estimate of drug-likeness (QED) is 0.684. The van der Waals surface area contributed by atoms with Crippen molar-refractivity contribution in [2.75, 3.05) is 31.6 Å². The van der Waals surface area contributed by atoms with Gasteiger partial charge in [0.25, 0.3) is 0 Å². The fourth-order valence-electron chi connectivity index (χ4n) is 5.21. The molecule has 5 rings (SSSR count). The van der Waals surface area contributed by atoms with Crippen molar-refractivity contribution < 1.29 is 27.1 Å². The van der Waals surface area contributed by atoms with Crippen LogP contribution in [-0.2, 0) is 19.6 Å². The molecule has 1 amide bonds. The molecular formula is C24H27FN2O5S. The van der Waals surface area contributed by atoms with Gasteiger partial charge in [0, 0.05) is 19.0 Å². The van der Waals surface area contributed by atoms with E-state index in [4.69, 9.17) is 9.47 Å². The van der Waals surface area contributed by atoms with E-state index in [0.29, 0.717) is 42.2 Å². The number of carbonyl (C=O) groups excluding carboxylic acids is 1. The molecule has 1 N–H and O–H groups in total. The number of fused-ring (bicyclic) bond motifs is 2. The minimum absolute atomic E-state index is 0.0677. The Labute approximate surface area is 192 Å². The Morgan fingerprint density at radius 2 is 1.82 bits per heavy atom. The lowest BCUT2D eigenvalue weighted by Crippen LogP contribution is -2.40. The lowest BCUT2D eigenvalue weighted by molar-refractivity contribution is -0.121. The van der Waals surface area contributed by atoms with Crippen molar-refractivity contribution >= 4 is 21.6 Å². The van der Waals surface area contributed by atoms with Gasteiger partial charge in [-0.1, -0.05) is 6.42 Å². The number of halogens is 1. The third kappa shape index (κ3) is 4.62. The number of hydrogen-bond donors (Lipinski definition) is 1. The summed E-state index contributed by atoms with van der Waals surface area (Å²) in [5, 5.41) is 2.94. The Morgan fingerprint density at radius 3 is 2.48 bits per heavy atom. The highest BCUT2D eigenvalue weighted by Gasteiger charge is 2.43. The summed E-state index contributed by atoms with van der Waals surface area (Å²) in [6.45, 7) is 1.25. The number of nitrogens with one attached hydrogen (secondary N) is 1. The first-order valence-electron chi connectivity index (χ1n) is 11.4. The summed E-state index contributed by atoms with van der Waals surface area (Å²) in [7, 11) is -3.75. The third-order valence-electron chi connectivity index (χ3n) is 6.93. The molecule has 0 aromatic heterocycles. The molecule has 0 radical (unpaired) electrons. The van der Waals surface area contributed by atoms with Gasteiger partial charge in [0.15, 0.2) is 5.75 Å². The van der Waals surface area contributed by atoms with Crippen LogP contribution in [0.1, 0.15) is 25.7 Å². The molecule has 1 saturated heterocycles. The zero-order valence-corrected chi connectivity index (χ0v) is 19.0. The van der Waals surface area contributed by atoms with E-state index < -0.39 is 10.0 Å². The molecule has 9 heteroatoms. The maximum atomic E-state index is 13.3. The second-order valence-corrected chi connectivity index (χ2v) is 10.9. The van der Waals surface area contributed by atoms with Crippen LogP contribution in [0.3, 0.4) is 0 Å². The maximum Gasteiger partial charge on any atom is 0.243 e. The second-order valence-electron chi connectivity index (χ2n) is 9.00. The first-order chi connectivity index (χ1) is 15.9. The summed E-state index contributed by atoms with van der Waals surface area (Å²) < 4.78 is 52.2. The number of rotatable bonds is 6. The number of anilines is 1. The lowest BCUT2D eigenvalue weighted by Gasteiger charge is -2.26. The smallest absolute Gasteiger partial charge is 0.243 e. The Hall–Kier alpha value is -2.49. The van der Waals surface area contributed by atoms with Crippen molar-refractivity contribution in [1.29, 1.82) is 0 Å². The predicted molar refractivity (Wildman–Crippen MR) is 120 cm³/mol. The Kier molecular flexibility index (Phi) is 6.11. The molecule has 3 atom stereocenters. The maximum absolute atomic E-state index is 13.3. The lowest BCUT2D eigenvalue weighted by atomic mass is 9.88. The molecule has 2 aromatic rings. The summed E-state index contributed by atoms with van der Waals surface area (Å²) in [6, 6.07) is 9.98. The van der Waals surface area contributed by atoms with Gasteiger partial charge in [-0.2, -0.15) is 4.31 Å². The first-order valence-corrected chi connectivity index (χ1v) is 12.8. The zero-order chi connectivity index (χ0) is 23.0. The fourth-order valence-corrected chi connectivity index (χ4v) is 6.65. The van der Waals surface area contributed by atoms with Gasteiger partial charge in [0.05, 0.1) is 23.8 Å². The van der Waals surface area contributed by atoms with Gasteiger partial charge >= 0.3 is 0 Å². The van der Waals surface area contributed by atoms with Gasteiger partial charge in [-0.05, 0) is 73.6 Å². The van der Waals surface area contributed by atoms with Crippen molar-refractivity contribution in [2.24, 2.45) is 17.8 Å². The van der Waals surface area contributed by atoms with E-state index in [0.717, 1.165) is 19.3 Å². The van der Waals surface area contributed by atoms with Gasteiger partial charge < -0.3 is 14.8 Å². The van der Waals surface area contributed by atoms with Crippen molar-refractivity contribution in [3.63, 3.8) is 0 Å². The number of nitrogens with zero attached hydrogens (tertiary/aromatic N) is 1. The first kappa shape index (κ1) is 22.3. The topological polar surface area (TPSA) is 84.9 Å². The van der Waals surface area contributed by atoms with Crippen molar-refractivity contribution in [3.05, 3.63) is 48.3 Å². The van der Waals surface area contributed by atoms with Gasteiger partial charge in [0.2, 0.25) is 15.9 Å². The van der Waals surface area contributed by atoms with Crippen LogP contribution >= 0.6 is 0 Å².